The highest BCUT2D eigenvalue weighted by Crippen LogP contribution is 2.19. The first-order valence-electron chi connectivity index (χ1n) is 27.4. The number of ether oxygens (including phenoxy) is 3. The number of hydrogen-bond acceptors (Lipinski definition) is 6. The Morgan fingerprint density at radius 1 is 0.311 bits per heavy atom. The van der Waals surface area contributed by atoms with Crippen LogP contribution in [0.4, 0.5) is 0 Å². The number of hydrogen-bond donors (Lipinski definition) is 0. The van der Waals surface area contributed by atoms with Crippen LogP contribution < -0.4 is 0 Å². The highest BCUT2D eigenvalue weighted by atomic mass is 16.6. The van der Waals surface area contributed by atoms with Crippen molar-refractivity contribution >= 4 is 17.9 Å². The predicted molar refractivity (Wildman–Crippen MR) is 261 cm³/mol. The molecular weight excluding hydrogens is 757 g/mol. The third-order valence-corrected chi connectivity index (χ3v) is 12.8. The van der Waals surface area contributed by atoms with Gasteiger partial charge in [0.1, 0.15) is 13.2 Å². The van der Waals surface area contributed by atoms with Crippen molar-refractivity contribution in [1.82, 2.24) is 0 Å². The van der Waals surface area contributed by atoms with Crippen molar-refractivity contribution in [2.24, 2.45) is 5.92 Å². The fraction of sp³-hybridized carbons (Fsp3) is 0.945. The SMILES string of the molecule is CCCCCCCCCCCCCCCCCC(=O)OCC(COC(=O)CCCCCCCCCC(C)CCCC)OC(=O)CCCCCCCCCCCCCCCCC. The summed E-state index contributed by atoms with van der Waals surface area (Å²) in [5.41, 5.74) is 0. The van der Waals surface area contributed by atoms with Crippen LogP contribution in [0.2, 0.25) is 0 Å². The molecule has 0 rings (SSSR count). The Kier molecular flexibility index (Phi) is 48.1. The van der Waals surface area contributed by atoms with Gasteiger partial charge < -0.3 is 14.2 Å². The normalized spacial score (nSPS) is 12.4. The van der Waals surface area contributed by atoms with Crippen molar-refractivity contribution in [3.05, 3.63) is 0 Å². The van der Waals surface area contributed by atoms with Crippen LogP contribution in [0.5, 0.6) is 0 Å². The second-order valence-electron chi connectivity index (χ2n) is 19.1. The largest absolute Gasteiger partial charge is 0.462 e. The number of carbonyl (C=O) groups is 3. The summed E-state index contributed by atoms with van der Waals surface area (Å²) in [7, 11) is 0. The van der Waals surface area contributed by atoms with Gasteiger partial charge in [0.25, 0.3) is 0 Å². The van der Waals surface area contributed by atoms with Crippen LogP contribution in [-0.2, 0) is 28.6 Å². The monoisotopic (exact) mass is 863 g/mol. The van der Waals surface area contributed by atoms with Gasteiger partial charge in [-0.05, 0) is 25.2 Å². The van der Waals surface area contributed by atoms with Gasteiger partial charge >= 0.3 is 17.9 Å². The van der Waals surface area contributed by atoms with Gasteiger partial charge in [-0.15, -0.1) is 0 Å². The number of carbonyl (C=O) groups excluding carboxylic acids is 3. The molecule has 2 unspecified atom stereocenters. The van der Waals surface area contributed by atoms with E-state index in [4.69, 9.17) is 14.2 Å². The van der Waals surface area contributed by atoms with Crippen molar-refractivity contribution in [2.75, 3.05) is 13.2 Å². The van der Waals surface area contributed by atoms with Crippen molar-refractivity contribution in [2.45, 2.75) is 316 Å². The summed E-state index contributed by atoms with van der Waals surface area (Å²) in [5.74, 6) is 0.0114. The molecule has 61 heavy (non-hydrogen) atoms. The van der Waals surface area contributed by atoms with Crippen molar-refractivity contribution in [3.63, 3.8) is 0 Å². The smallest absolute Gasteiger partial charge is 0.306 e. The molecule has 0 saturated carbocycles. The molecular formula is C55H106O6. The van der Waals surface area contributed by atoms with E-state index in [0.29, 0.717) is 19.3 Å². The molecule has 0 bridgehead atoms. The zero-order valence-electron chi connectivity index (χ0n) is 41.6. The Morgan fingerprint density at radius 2 is 0.557 bits per heavy atom. The van der Waals surface area contributed by atoms with E-state index in [-0.39, 0.29) is 31.1 Å². The maximum Gasteiger partial charge on any atom is 0.306 e. The molecule has 0 amide bonds. The van der Waals surface area contributed by atoms with E-state index in [9.17, 15) is 14.4 Å². The zero-order chi connectivity index (χ0) is 44.5. The summed E-state index contributed by atoms with van der Waals surface area (Å²) >= 11 is 0. The van der Waals surface area contributed by atoms with E-state index in [2.05, 4.69) is 27.7 Å². The summed E-state index contributed by atoms with van der Waals surface area (Å²) in [6, 6.07) is 0. The molecule has 0 aliphatic heterocycles. The fourth-order valence-electron chi connectivity index (χ4n) is 8.50. The third kappa shape index (κ3) is 47.7. The van der Waals surface area contributed by atoms with Crippen molar-refractivity contribution < 1.29 is 28.6 Å². The molecule has 0 aliphatic carbocycles. The number of unbranched alkanes of at least 4 members (excludes halogenated alkanes) is 35. The zero-order valence-corrected chi connectivity index (χ0v) is 41.6. The Balaban J connectivity index is 4.33. The molecule has 0 radical (unpaired) electrons. The molecule has 0 fully saturated rings. The molecule has 6 nitrogen and oxygen atoms in total. The maximum absolute atomic E-state index is 12.8. The van der Waals surface area contributed by atoms with Crippen LogP contribution in [0.3, 0.4) is 0 Å². The predicted octanol–water partition coefficient (Wildman–Crippen LogP) is 17.8. The first-order chi connectivity index (χ1) is 29.9. The minimum absolute atomic E-state index is 0.0627. The first kappa shape index (κ1) is 59.4. The molecule has 0 heterocycles. The lowest BCUT2D eigenvalue weighted by atomic mass is 9.97. The van der Waals surface area contributed by atoms with Crippen molar-refractivity contribution in [3.8, 4) is 0 Å². The van der Waals surface area contributed by atoms with Gasteiger partial charge in [-0.2, -0.15) is 0 Å². The Morgan fingerprint density at radius 3 is 0.869 bits per heavy atom. The standard InChI is InChI=1S/C55H106O6/c1-5-8-11-13-15-17-19-21-23-25-27-29-33-37-41-46-53(56)59-49-52(50-60-54(57)47-42-38-35-31-32-36-40-45-51(4)44-10-7-3)61-55(58)48-43-39-34-30-28-26-24-22-20-18-16-14-12-9-6-2/h51-52H,5-50H2,1-4H3. The highest BCUT2D eigenvalue weighted by Gasteiger charge is 2.19. The highest BCUT2D eigenvalue weighted by molar-refractivity contribution is 5.71. The fourth-order valence-corrected chi connectivity index (χ4v) is 8.50. The topological polar surface area (TPSA) is 78.9 Å². The number of rotatable bonds is 50. The van der Waals surface area contributed by atoms with Crippen molar-refractivity contribution in [1.29, 1.82) is 0 Å². The molecule has 0 N–H and O–H groups in total. The van der Waals surface area contributed by atoms with Crippen LogP contribution in [-0.4, -0.2) is 37.2 Å². The van der Waals surface area contributed by atoms with Crippen LogP contribution in [0.1, 0.15) is 310 Å². The summed E-state index contributed by atoms with van der Waals surface area (Å²) in [6.07, 6.45) is 52.2. The van der Waals surface area contributed by atoms with E-state index in [1.165, 1.54) is 205 Å². The lowest BCUT2D eigenvalue weighted by molar-refractivity contribution is -0.167. The lowest BCUT2D eigenvalue weighted by Gasteiger charge is -2.18. The van der Waals surface area contributed by atoms with Gasteiger partial charge in [-0.25, -0.2) is 0 Å². The summed E-state index contributed by atoms with van der Waals surface area (Å²) < 4.78 is 16.9. The van der Waals surface area contributed by atoms with Gasteiger partial charge in [-0.3, -0.25) is 14.4 Å². The third-order valence-electron chi connectivity index (χ3n) is 12.8. The molecule has 0 aromatic rings. The minimum Gasteiger partial charge on any atom is -0.462 e. The summed E-state index contributed by atoms with van der Waals surface area (Å²) in [4.78, 5) is 38.0. The van der Waals surface area contributed by atoms with Gasteiger partial charge in [0, 0.05) is 19.3 Å². The second kappa shape index (κ2) is 49.4. The molecule has 0 aromatic carbocycles. The molecule has 0 aliphatic rings. The van der Waals surface area contributed by atoms with Crippen LogP contribution in [0.15, 0.2) is 0 Å². The molecule has 0 spiro atoms. The summed E-state index contributed by atoms with van der Waals surface area (Å²) in [6.45, 7) is 9.08. The Labute approximate surface area is 380 Å². The number of esters is 3. The first-order valence-corrected chi connectivity index (χ1v) is 27.4. The van der Waals surface area contributed by atoms with E-state index < -0.39 is 6.10 Å². The quantitative estimate of drug-likeness (QED) is 0.0344. The van der Waals surface area contributed by atoms with Crippen LogP contribution in [0.25, 0.3) is 0 Å². The van der Waals surface area contributed by atoms with Crippen LogP contribution >= 0.6 is 0 Å². The Bertz CT molecular complexity index is 920. The minimum atomic E-state index is -0.762. The average Bonchev–Trinajstić information content (AvgIpc) is 3.25. The molecule has 2 atom stereocenters. The van der Waals surface area contributed by atoms with E-state index in [0.717, 1.165) is 63.7 Å². The molecule has 0 saturated heterocycles. The molecule has 6 heteroatoms. The van der Waals surface area contributed by atoms with Gasteiger partial charge in [0.05, 0.1) is 0 Å². The van der Waals surface area contributed by atoms with E-state index in [1.807, 2.05) is 0 Å². The van der Waals surface area contributed by atoms with E-state index >= 15 is 0 Å². The van der Waals surface area contributed by atoms with Gasteiger partial charge in [0.2, 0.25) is 0 Å². The van der Waals surface area contributed by atoms with Gasteiger partial charge in [0.15, 0.2) is 6.10 Å². The Hall–Kier alpha value is -1.59. The second-order valence-corrected chi connectivity index (χ2v) is 19.1. The van der Waals surface area contributed by atoms with Crippen LogP contribution in [0, 0.1) is 5.92 Å². The van der Waals surface area contributed by atoms with Gasteiger partial charge in [-0.1, -0.05) is 272 Å². The molecule has 0 aromatic heterocycles. The average molecular weight is 863 g/mol. The lowest BCUT2D eigenvalue weighted by Crippen LogP contribution is -2.30. The maximum atomic E-state index is 12.8. The summed E-state index contributed by atoms with van der Waals surface area (Å²) in [5, 5.41) is 0. The van der Waals surface area contributed by atoms with E-state index in [1.54, 1.807) is 0 Å². The molecule has 362 valence electrons.